The molecule has 3 aromatic carbocycles. The molecule has 2 amide bonds. The normalized spacial score (nSPS) is 16.6. The molecule has 7 rings (SSSR count). The molecule has 0 spiro atoms. The molecule has 0 fully saturated rings. The Hall–Kier alpha value is -4.79. The number of carbonyl (C=O) groups excluding carboxylic acids is 2. The van der Waals surface area contributed by atoms with Gasteiger partial charge < -0.3 is 24.8 Å². The number of hydrogen-bond donors (Lipinski definition) is 3. The van der Waals surface area contributed by atoms with Crippen molar-refractivity contribution in [2.45, 2.75) is 45.6 Å². The number of aromatic amines is 1. The van der Waals surface area contributed by atoms with Gasteiger partial charge in [-0.15, -0.1) is 0 Å². The van der Waals surface area contributed by atoms with Gasteiger partial charge in [-0.1, -0.05) is 18.2 Å². The highest BCUT2D eigenvalue weighted by Crippen LogP contribution is 2.39. The first-order chi connectivity index (χ1) is 20.4. The van der Waals surface area contributed by atoms with Crippen LogP contribution in [0, 0.1) is 13.8 Å². The van der Waals surface area contributed by atoms with Crippen molar-refractivity contribution in [1.29, 1.82) is 0 Å². The summed E-state index contributed by atoms with van der Waals surface area (Å²) >= 11 is 0. The van der Waals surface area contributed by atoms with Crippen molar-refractivity contribution in [1.82, 2.24) is 20.4 Å². The molecule has 0 aliphatic carbocycles. The van der Waals surface area contributed by atoms with Crippen molar-refractivity contribution in [3.05, 3.63) is 99.9 Å². The third-order valence-corrected chi connectivity index (χ3v) is 8.09. The van der Waals surface area contributed by atoms with Crippen molar-refractivity contribution in [3.8, 4) is 23.0 Å². The van der Waals surface area contributed by atoms with Crippen LogP contribution >= 0.6 is 0 Å². The Morgan fingerprint density at radius 1 is 1.07 bits per heavy atom. The Bertz CT molecular complexity index is 1650. The van der Waals surface area contributed by atoms with E-state index < -0.39 is 0 Å². The summed E-state index contributed by atoms with van der Waals surface area (Å²) < 4.78 is 12.2. The zero-order chi connectivity index (χ0) is 29.2. The number of fused-ring (bicyclic) bond motifs is 6. The molecule has 3 aliphatic rings. The van der Waals surface area contributed by atoms with Gasteiger partial charge in [0, 0.05) is 31.6 Å². The summed E-state index contributed by atoms with van der Waals surface area (Å²) in [7, 11) is 0. The number of aromatic nitrogens is 2. The summed E-state index contributed by atoms with van der Waals surface area (Å²) in [6, 6.07) is 18.1. The zero-order valence-corrected chi connectivity index (χ0v) is 23.8. The molecule has 0 saturated carbocycles. The number of carbonyl (C=O) groups is 2. The molecule has 4 aromatic rings. The van der Waals surface area contributed by atoms with Crippen LogP contribution in [0.1, 0.15) is 62.9 Å². The van der Waals surface area contributed by atoms with E-state index >= 15 is 0 Å². The van der Waals surface area contributed by atoms with Gasteiger partial charge in [-0.25, -0.2) is 0 Å². The van der Waals surface area contributed by atoms with Gasteiger partial charge >= 0.3 is 0 Å². The minimum absolute atomic E-state index is 0.0758. The topological polar surface area (TPSA) is 117 Å². The number of phenols is 1. The summed E-state index contributed by atoms with van der Waals surface area (Å²) in [4.78, 5) is 28.5. The molecule has 9 nitrogen and oxygen atoms in total. The molecule has 4 heterocycles. The fraction of sp³-hybridized carbons (Fsp3) is 0.303. The van der Waals surface area contributed by atoms with E-state index in [1.54, 1.807) is 12.1 Å². The second-order valence-corrected chi connectivity index (χ2v) is 10.8. The van der Waals surface area contributed by atoms with Crippen LogP contribution in [0.2, 0.25) is 0 Å². The number of amides is 2. The number of nitrogens with zero attached hydrogens (tertiary/aromatic N) is 2. The number of H-pyrrole nitrogens is 1. The fourth-order valence-corrected chi connectivity index (χ4v) is 5.67. The summed E-state index contributed by atoms with van der Waals surface area (Å²) in [5.74, 6) is 1.35. The first-order valence-corrected chi connectivity index (χ1v) is 14.3. The first kappa shape index (κ1) is 27.4. The Balaban J connectivity index is 1.35. The molecule has 42 heavy (non-hydrogen) atoms. The lowest BCUT2D eigenvalue weighted by Crippen LogP contribution is -2.40. The maximum atomic E-state index is 13.8. The minimum Gasteiger partial charge on any atom is -0.507 e. The van der Waals surface area contributed by atoms with Gasteiger partial charge in [-0.3, -0.25) is 14.7 Å². The Morgan fingerprint density at radius 3 is 2.74 bits per heavy atom. The van der Waals surface area contributed by atoms with Crippen LogP contribution in [0.25, 0.3) is 0 Å². The Kier molecular flexibility index (Phi) is 7.56. The maximum absolute atomic E-state index is 13.8. The van der Waals surface area contributed by atoms with Crippen LogP contribution in [-0.4, -0.2) is 51.7 Å². The lowest BCUT2D eigenvalue weighted by atomic mass is 9.87. The SMILES string of the molecule is Cc1[nH]nc(CCC(=O)N2CCc3cc4ccc3C2c2cccc(c2)OCCCNC(=O)c2cc(ccc2O)O4)c1C. The summed E-state index contributed by atoms with van der Waals surface area (Å²) in [6.07, 6.45) is 2.20. The van der Waals surface area contributed by atoms with Gasteiger partial charge in [0.1, 0.15) is 23.0 Å². The average Bonchev–Trinajstić information content (AvgIpc) is 3.32. The van der Waals surface area contributed by atoms with E-state index in [2.05, 4.69) is 15.5 Å². The van der Waals surface area contributed by atoms with Crippen molar-refractivity contribution in [2.24, 2.45) is 0 Å². The Labute approximate surface area is 244 Å². The van der Waals surface area contributed by atoms with E-state index in [1.165, 1.54) is 6.07 Å². The van der Waals surface area contributed by atoms with Crippen molar-refractivity contribution < 1.29 is 24.2 Å². The van der Waals surface area contributed by atoms with E-state index in [0.29, 0.717) is 62.6 Å². The Morgan fingerprint density at radius 2 is 1.90 bits per heavy atom. The molecule has 9 heteroatoms. The number of aryl methyl sites for hydroxylation is 2. The maximum Gasteiger partial charge on any atom is 0.255 e. The van der Waals surface area contributed by atoms with Crippen LogP contribution < -0.4 is 14.8 Å². The number of ether oxygens (including phenoxy) is 2. The molecule has 0 saturated heterocycles. The molecule has 1 aromatic heterocycles. The van der Waals surface area contributed by atoms with Crippen LogP contribution in [0.15, 0.2) is 60.7 Å². The van der Waals surface area contributed by atoms with Crippen molar-refractivity contribution >= 4 is 11.8 Å². The summed E-state index contributed by atoms with van der Waals surface area (Å²) in [5.41, 5.74) is 6.29. The highest BCUT2D eigenvalue weighted by molar-refractivity contribution is 5.97. The molecule has 8 bridgehead atoms. The predicted molar refractivity (Wildman–Crippen MR) is 157 cm³/mol. The molecular weight excluding hydrogens is 532 g/mol. The zero-order valence-electron chi connectivity index (χ0n) is 23.8. The molecule has 0 radical (unpaired) electrons. The largest absolute Gasteiger partial charge is 0.507 e. The van der Waals surface area contributed by atoms with Crippen LogP contribution in [-0.2, 0) is 17.6 Å². The molecule has 1 atom stereocenters. The second kappa shape index (κ2) is 11.6. The van der Waals surface area contributed by atoms with Gasteiger partial charge in [0.25, 0.3) is 5.91 Å². The minimum atomic E-state index is -0.378. The number of nitrogens with one attached hydrogen (secondary N) is 2. The van der Waals surface area contributed by atoms with Gasteiger partial charge in [0.15, 0.2) is 0 Å². The van der Waals surface area contributed by atoms with Crippen LogP contribution in [0.5, 0.6) is 23.0 Å². The summed E-state index contributed by atoms with van der Waals surface area (Å²) in [6.45, 7) is 5.36. The quantitative estimate of drug-likeness (QED) is 0.316. The second-order valence-electron chi connectivity index (χ2n) is 10.8. The van der Waals surface area contributed by atoms with E-state index in [9.17, 15) is 14.7 Å². The van der Waals surface area contributed by atoms with Gasteiger partial charge in [-0.2, -0.15) is 5.10 Å². The number of phenolic OH excluding ortho intramolecular Hbond substituents is 1. The lowest BCUT2D eigenvalue weighted by molar-refractivity contribution is -0.133. The highest BCUT2D eigenvalue weighted by atomic mass is 16.5. The molecule has 1 unspecified atom stereocenters. The standard InChI is InChI=1S/C33H34N4O5/c1-20-21(2)35-36-29(20)10-12-31(39)37-15-13-22-17-25-7-9-27(22)32(37)23-5-3-6-24(18-23)41-16-4-14-34-33(40)28-19-26(42-25)8-11-30(28)38/h3,5-9,11,17-19,32,38H,4,10,12-16H2,1-2H3,(H,34,40)(H,35,36). The lowest BCUT2D eigenvalue weighted by Gasteiger charge is -2.38. The third-order valence-electron chi connectivity index (χ3n) is 8.09. The van der Waals surface area contributed by atoms with E-state index in [4.69, 9.17) is 9.47 Å². The van der Waals surface area contributed by atoms with E-state index in [1.807, 2.05) is 61.2 Å². The number of aromatic hydroxyl groups is 1. The van der Waals surface area contributed by atoms with Gasteiger partial charge in [0.05, 0.1) is 23.9 Å². The monoisotopic (exact) mass is 566 g/mol. The van der Waals surface area contributed by atoms with Crippen molar-refractivity contribution in [2.75, 3.05) is 19.7 Å². The van der Waals surface area contributed by atoms with Crippen LogP contribution in [0.4, 0.5) is 0 Å². The van der Waals surface area contributed by atoms with E-state index in [-0.39, 0.29) is 29.2 Å². The average molecular weight is 567 g/mol. The molecular formula is C33H34N4O5. The van der Waals surface area contributed by atoms with Gasteiger partial charge in [-0.05, 0) is 91.4 Å². The predicted octanol–water partition coefficient (Wildman–Crippen LogP) is 5.14. The number of rotatable bonds is 3. The molecule has 3 aliphatic heterocycles. The number of hydrogen-bond acceptors (Lipinski definition) is 6. The number of benzene rings is 3. The highest BCUT2D eigenvalue weighted by Gasteiger charge is 2.32. The van der Waals surface area contributed by atoms with Gasteiger partial charge in [0.2, 0.25) is 5.91 Å². The van der Waals surface area contributed by atoms with Crippen molar-refractivity contribution in [3.63, 3.8) is 0 Å². The fourth-order valence-electron chi connectivity index (χ4n) is 5.67. The smallest absolute Gasteiger partial charge is 0.255 e. The molecule has 216 valence electrons. The summed E-state index contributed by atoms with van der Waals surface area (Å²) in [5, 5.41) is 20.5. The molecule has 3 N–H and O–H groups in total. The van der Waals surface area contributed by atoms with Crippen LogP contribution in [0.3, 0.4) is 0 Å². The van der Waals surface area contributed by atoms with E-state index in [0.717, 1.165) is 33.6 Å². The third kappa shape index (κ3) is 5.54. The first-order valence-electron chi connectivity index (χ1n) is 14.3.